The summed E-state index contributed by atoms with van der Waals surface area (Å²) in [6.07, 6.45) is 3.23. The van der Waals surface area contributed by atoms with Crippen LogP contribution in [-0.4, -0.2) is 28.0 Å². The molecule has 1 aromatic heterocycles. The summed E-state index contributed by atoms with van der Waals surface area (Å²) in [7, 11) is 0. The normalized spacial score (nSPS) is 10.7. The zero-order valence-corrected chi connectivity index (χ0v) is 22.2. The molecule has 0 unspecified atom stereocenters. The number of nitrogens with zero attached hydrogens (tertiary/aromatic N) is 3. The molecule has 3 aromatic carbocycles. The van der Waals surface area contributed by atoms with Crippen molar-refractivity contribution in [2.75, 3.05) is 11.4 Å². The molecule has 0 aliphatic heterocycles. The van der Waals surface area contributed by atoms with Crippen molar-refractivity contribution in [2.24, 2.45) is 0 Å². The van der Waals surface area contributed by atoms with Crippen LogP contribution in [0.4, 0.5) is 11.4 Å². The Kier molecular flexibility index (Phi) is 8.67. The Labute approximate surface area is 227 Å². The highest BCUT2D eigenvalue weighted by Gasteiger charge is 2.25. The first kappa shape index (κ1) is 26.8. The number of rotatable bonds is 10. The minimum atomic E-state index is -0.223. The zero-order chi connectivity index (χ0) is 27.1. The predicted octanol–water partition coefficient (Wildman–Crippen LogP) is 7.50. The van der Waals surface area contributed by atoms with Gasteiger partial charge in [0.15, 0.2) is 12.0 Å². The van der Waals surface area contributed by atoms with Crippen LogP contribution in [0.1, 0.15) is 48.3 Å². The van der Waals surface area contributed by atoms with Crippen LogP contribution >= 0.6 is 11.8 Å². The van der Waals surface area contributed by atoms with Crippen molar-refractivity contribution in [1.29, 1.82) is 5.26 Å². The minimum absolute atomic E-state index is 0.0480. The maximum Gasteiger partial charge on any atom is 0.229 e. The first-order chi connectivity index (χ1) is 18.5. The van der Waals surface area contributed by atoms with Crippen molar-refractivity contribution in [3.63, 3.8) is 0 Å². The van der Waals surface area contributed by atoms with Gasteiger partial charge in [0.2, 0.25) is 5.88 Å². The molecule has 38 heavy (non-hydrogen) atoms. The Morgan fingerprint density at radius 1 is 1.03 bits per heavy atom. The fraction of sp³-hybridized carbons (Fsp3) is 0.194. The maximum atomic E-state index is 11.5. The lowest BCUT2D eigenvalue weighted by molar-refractivity contribution is 0.112. The summed E-state index contributed by atoms with van der Waals surface area (Å²) in [5, 5.41) is 31.8. The molecule has 192 valence electrons. The second kappa shape index (κ2) is 12.3. The number of carbonyl (C=O) groups excluding carboxylic acids is 1. The highest BCUT2D eigenvalue weighted by Crippen LogP contribution is 2.48. The molecule has 0 amide bonds. The van der Waals surface area contributed by atoms with Crippen molar-refractivity contribution in [3.05, 3.63) is 89.6 Å². The van der Waals surface area contributed by atoms with E-state index in [2.05, 4.69) is 18.0 Å². The Balaban J connectivity index is 1.75. The zero-order valence-electron chi connectivity index (χ0n) is 21.4. The third kappa shape index (κ3) is 5.66. The molecule has 7 heteroatoms. The number of aryl methyl sites for hydroxylation is 1. The van der Waals surface area contributed by atoms with Gasteiger partial charge >= 0.3 is 0 Å². The second-order valence-corrected chi connectivity index (χ2v) is 9.83. The van der Waals surface area contributed by atoms with Crippen LogP contribution in [-0.2, 0) is 6.42 Å². The van der Waals surface area contributed by atoms with Gasteiger partial charge in [0.1, 0.15) is 10.6 Å². The highest BCUT2D eigenvalue weighted by atomic mass is 32.2. The molecule has 0 aliphatic rings. The molecule has 0 bridgehead atoms. The lowest BCUT2D eigenvalue weighted by Crippen LogP contribution is -2.19. The van der Waals surface area contributed by atoms with E-state index in [4.69, 9.17) is 0 Å². The van der Waals surface area contributed by atoms with E-state index in [1.807, 2.05) is 66.4 Å². The molecule has 0 radical (unpaired) electrons. The number of hydrogen-bond donors (Lipinski definition) is 2. The van der Waals surface area contributed by atoms with E-state index >= 15 is 0 Å². The van der Waals surface area contributed by atoms with Gasteiger partial charge < -0.3 is 15.1 Å². The van der Waals surface area contributed by atoms with Gasteiger partial charge in [-0.1, -0.05) is 67.6 Å². The number of aldehydes is 1. The molecular weight excluding hydrogens is 494 g/mol. The van der Waals surface area contributed by atoms with E-state index in [1.54, 1.807) is 18.2 Å². The Hall–Kier alpha value is -4.28. The fourth-order valence-electron chi connectivity index (χ4n) is 4.37. The smallest absolute Gasteiger partial charge is 0.229 e. The van der Waals surface area contributed by atoms with E-state index in [0.717, 1.165) is 40.8 Å². The SMILES string of the molecule is CCCCc1nc(O)c(Sc2ccc(-c3ccccc3C=O)cc2)c(O)c1N(CC)c1cccc(C#N)c1. The van der Waals surface area contributed by atoms with Crippen LogP contribution in [0.3, 0.4) is 0 Å². The van der Waals surface area contributed by atoms with Crippen molar-refractivity contribution in [2.45, 2.75) is 42.9 Å². The quantitative estimate of drug-likeness (QED) is 0.208. The van der Waals surface area contributed by atoms with E-state index < -0.39 is 0 Å². The van der Waals surface area contributed by atoms with Gasteiger partial charge in [0.05, 0.1) is 17.3 Å². The summed E-state index contributed by atoms with van der Waals surface area (Å²) in [5.41, 5.74) is 4.78. The van der Waals surface area contributed by atoms with Crippen LogP contribution in [0.25, 0.3) is 11.1 Å². The monoisotopic (exact) mass is 523 g/mol. The van der Waals surface area contributed by atoms with E-state index in [1.165, 1.54) is 11.8 Å². The topological polar surface area (TPSA) is 97.4 Å². The van der Waals surface area contributed by atoms with Gasteiger partial charge in [-0.05, 0) is 61.2 Å². The van der Waals surface area contributed by atoms with Crippen LogP contribution in [0.15, 0.2) is 82.6 Å². The van der Waals surface area contributed by atoms with E-state index in [9.17, 15) is 20.3 Å². The van der Waals surface area contributed by atoms with Crippen molar-refractivity contribution >= 4 is 29.4 Å². The number of pyridine rings is 1. The molecule has 6 nitrogen and oxygen atoms in total. The van der Waals surface area contributed by atoms with Gasteiger partial charge in [-0.15, -0.1) is 0 Å². The number of nitriles is 1. The first-order valence-corrected chi connectivity index (χ1v) is 13.4. The van der Waals surface area contributed by atoms with Crippen LogP contribution in [0, 0.1) is 11.3 Å². The number of anilines is 2. The van der Waals surface area contributed by atoms with Crippen molar-refractivity contribution in [1.82, 2.24) is 4.98 Å². The number of aromatic nitrogens is 1. The second-order valence-electron chi connectivity index (χ2n) is 8.75. The molecule has 0 atom stereocenters. The molecule has 4 aromatic rings. The largest absolute Gasteiger partial charge is 0.504 e. The van der Waals surface area contributed by atoms with Crippen molar-refractivity contribution in [3.8, 4) is 28.8 Å². The molecule has 2 N–H and O–H groups in total. The summed E-state index contributed by atoms with van der Waals surface area (Å²) in [4.78, 5) is 18.9. The molecule has 0 saturated heterocycles. The summed E-state index contributed by atoms with van der Waals surface area (Å²) in [5.74, 6) is -0.271. The number of carbonyl (C=O) groups is 1. The fourth-order valence-corrected chi connectivity index (χ4v) is 5.21. The number of benzene rings is 3. The third-order valence-corrected chi connectivity index (χ3v) is 7.36. The molecule has 0 fully saturated rings. The standard InChI is InChI=1S/C31H29N3O3S/c1-3-5-13-27-28(34(4-2)24-11-8-9-21(18-24)19-32)29(36)30(31(37)33-27)38-25-16-14-22(15-17-25)26-12-7-6-10-23(26)20-35/h6-12,14-18,20H,3-5,13H2,1-2H3,(H2,33,36,37). The van der Waals surface area contributed by atoms with Crippen LogP contribution in [0.5, 0.6) is 11.6 Å². The highest BCUT2D eigenvalue weighted by molar-refractivity contribution is 7.99. The Morgan fingerprint density at radius 3 is 2.47 bits per heavy atom. The number of unbranched alkanes of at least 4 members (excludes halogenated alkanes) is 1. The van der Waals surface area contributed by atoms with Crippen molar-refractivity contribution < 1.29 is 15.0 Å². The molecule has 4 rings (SSSR count). The van der Waals surface area contributed by atoms with Crippen LogP contribution < -0.4 is 4.90 Å². The Bertz CT molecular complexity index is 1480. The van der Waals surface area contributed by atoms with Crippen LogP contribution in [0.2, 0.25) is 0 Å². The number of aromatic hydroxyl groups is 2. The molecular formula is C31H29N3O3S. The number of hydrogen-bond acceptors (Lipinski definition) is 7. The van der Waals surface area contributed by atoms with E-state index in [-0.39, 0.29) is 16.5 Å². The summed E-state index contributed by atoms with van der Waals surface area (Å²) in [6.45, 7) is 4.58. The van der Waals surface area contributed by atoms with Gasteiger partial charge in [0, 0.05) is 22.7 Å². The molecule has 1 heterocycles. The summed E-state index contributed by atoms with van der Waals surface area (Å²) >= 11 is 1.22. The van der Waals surface area contributed by atoms with Gasteiger partial charge in [-0.3, -0.25) is 4.79 Å². The van der Waals surface area contributed by atoms with Gasteiger partial charge in [-0.25, -0.2) is 4.98 Å². The lowest BCUT2D eigenvalue weighted by Gasteiger charge is -2.27. The third-order valence-electron chi connectivity index (χ3n) is 6.27. The first-order valence-electron chi connectivity index (χ1n) is 12.6. The maximum absolute atomic E-state index is 11.5. The summed E-state index contributed by atoms with van der Waals surface area (Å²) in [6, 6.07) is 24.4. The predicted molar refractivity (Wildman–Crippen MR) is 151 cm³/mol. The van der Waals surface area contributed by atoms with E-state index in [0.29, 0.717) is 35.5 Å². The van der Waals surface area contributed by atoms with Gasteiger partial charge in [-0.2, -0.15) is 5.26 Å². The Morgan fingerprint density at radius 2 is 1.79 bits per heavy atom. The minimum Gasteiger partial charge on any atom is -0.504 e. The van der Waals surface area contributed by atoms with Gasteiger partial charge in [0.25, 0.3) is 0 Å². The molecule has 0 spiro atoms. The summed E-state index contributed by atoms with van der Waals surface area (Å²) < 4.78 is 0. The average Bonchev–Trinajstić information content (AvgIpc) is 2.96. The molecule has 0 aliphatic carbocycles. The molecule has 0 saturated carbocycles. The lowest BCUT2D eigenvalue weighted by atomic mass is 10.0. The average molecular weight is 524 g/mol.